The molecule has 1 saturated heterocycles. The van der Waals surface area contributed by atoms with E-state index in [9.17, 15) is 0 Å². The van der Waals surface area contributed by atoms with Gasteiger partial charge in [0.15, 0.2) is 17.5 Å². The molecule has 2 N–H and O–H groups in total. The molecule has 0 spiro atoms. The van der Waals surface area contributed by atoms with Crippen molar-refractivity contribution in [2.24, 2.45) is 10.9 Å². The second-order valence-electron chi connectivity index (χ2n) is 7.35. The quantitative estimate of drug-likeness (QED) is 0.498. The topological polar surface area (TPSA) is 67.4 Å². The molecule has 1 aliphatic heterocycles. The van der Waals surface area contributed by atoms with Crippen LogP contribution in [0, 0.1) is 5.92 Å². The maximum Gasteiger partial charge on any atom is 0.195 e. The Morgan fingerprint density at radius 2 is 1.89 bits per heavy atom. The van der Waals surface area contributed by atoms with E-state index in [2.05, 4.69) is 36.3 Å². The summed E-state index contributed by atoms with van der Waals surface area (Å²) in [6.07, 6.45) is 1.12. The van der Waals surface area contributed by atoms with Gasteiger partial charge < -0.3 is 24.8 Å². The summed E-state index contributed by atoms with van der Waals surface area (Å²) in [5.41, 5.74) is 0.907. The van der Waals surface area contributed by atoms with Crippen LogP contribution in [-0.4, -0.2) is 70.5 Å². The summed E-state index contributed by atoms with van der Waals surface area (Å²) in [6, 6.07) is 6.19. The van der Waals surface area contributed by atoms with Gasteiger partial charge in [-0.2, -0.15) is 0 Å². The van der Waals surface area contributed by atoms with Gasteiger partial charge in [0.1, 0.15) is 0 Å². The Morgan fingerprint density at radius 3 is 2.50 bits per heavy atom. The predicted octanol–water partition coefficient (Wildman–Crippen LogP) is 2.83. The molecule has 0 bridgehead atoms. The maximum atomic E-state index is 5.51. The van der Waals surface area contributed by atoms with Crippen molar-refractivity contribution in [2.75, 3.05) is 58.9 Å². The summed E-state index contributed by atoms with van der Waals surface area (Å²) in [6.45, 7) is 11.7. The number of anilines is 1. The van der Waals surface area contributed by atoms with Crippen molar-refractivity contribution < 1.29 is 14.2 Å². The zero-order valence-corrected chi connectivity index (χ0v) is 18.0. The third-order valence-corrected chi connectivity index (χ3v) is 4.76. The smallest absolute Gasteiger partial charge is 0.195 e. The fourth-order valence-electron chi connectivity index (χ4n) is 3.38. The minimum atomic E-state index is 0.421. The van der Waals surface area contributed by atoms with Gasteiger partial charge in [-0.05, 0) is 31.4 Å². The van der Waals surface area contributed by atoms with Crippen LogP contribution in [0.1, 0.15) is 27.2 Å². The molecular formula is C21H36N4O3. The number of hydrogen-bond acceptors (Lipinski definition) is 5. The summed E-state index contributed by atoms with van der Waals surface area (Å²) >= 11 is 0. The van der Waals surface area contributed by atoms with Crippen LogP contribution in [0.4, 0.5) is 5.69 Å². The summed E-state index contributed by atoms with van der Waals surface area (Å²) in [7, 11) is 3.27. The van der Waals surface area contributed by atoms with Crippen LogP contribution in [0.15, 0.2) is 23.2 Å². The Hall–Kier alpha value is -1.99. The second-order valence-corrected chi connectivity index (χ2v) is 7.35. The molecule has 0 aliphatic carbocycles. The SMILES string of the molecule is CCNC(=NCC(CC(C)C)N1CCOCC1)Nc1ccc(OC)c(OC)c1. The van der Waals surface area contributed by atoms with Gasteiger partial charge in [0.2, 0.25) is 0 Å². The number of nitrogens with zero attached hydrogens (tertiary/aromatic N) is 2. The van der Waals surface area contributed by atoms with Gasteiger partial charge in [0, 0.05) is 37.4 Å². The molecule has 1 aromatic rings. The van der Waals surface area contributed by atoms with Crippen molar-refractivity contribution in [3.05, 3.63) is 18.2 Å². The summed E-state index contributed by atoms with van der Waals surface area (Å²) in [5.74, 6) is 2.80. The Balaban J connectivity index is 2.10. The van der Waals surface area contributed by atoms with E-state index in [-0.39, 0.29) is 0 Å². The van der Waals surface area contributed by atoms with Crippen LogP contribution in [-0.2, 0) is 4.74 Å². The lowest BCUT2D eigenvalue weighted by Gasteiger charge is -2.34. The van der Waals surface area contributed by atoms with Crippen LogP contribution in [0.25, 0.3) is 0 Å². The van der Waals surface area contributed by atoms with Crippen molar-refractivity contribution in [1.82, 2.24) is 10.2 Å². The first-order valence-corrected chi connectivity index (χ1v) is 10.2. The monoisotopic (exact) mass is 392 g/mol. The molecule has 1 atom stereocenters. The minimum absolute atomic E-state index is 0.421. The number of methoxy groups -OCH3 is 2. The fourth-order valence-corrected chi connectivity index (χ4v) is 3.38. The molecule has 0 amide bonds. The number of morpholine rings is 1. The molecule has 2 rings (SSSR count). The summed E-state index contributed by atoms with van der Waals surface area (Å²) in [5, 5.41) is 6.71. The van der Waals surface area contributed by atoms with Crippen molar-refractivity contribution in [3.63, 3.8) is 0 Å². The Labute approximate surface area is 169 Å². The normalized spacial score (nSPS) is 16.7. The van der Waals surface area contributed by atoms with E-state index in [1.165, 1.54) is 0 Å². The number of rotatable bonds is 9. The third kappa shape index (κ3) is 6.87. The number of hydrogen-bond donors (Lipinski definition) is 2. The number of aliphatic imine (C=N–C) groups is 1. The molecule has 1 fully saturated rings. The average Bonchev–Trinajstić information content (AvgIpc) is 2.71. The van der Waals surface area contributed by atoms with Crippen molar-refractivity contribution in [3.8, 4) is 11.5 Å². The van der Waals surface area contributed by atoms with Gasteiger partial charge in [-0.25, -0.2) is 0 Å². The zero-order chi connectivity index (χ0) is 20.4. The van der Waals surface area contributed by atoms with Crippen LogP contribution < -0.4 is 20.1 Å². The molecule has 1 aliphatic rings. The molecule has 1 unspecified atom stereocenters. The highest BCUT2D eigenvalue weighted by Gasteiger charge is 2.21. The van der Waals surface area contributed by atoms with Gasteiger partial charge in [-0.15, -0.1) is 0 Å². The van der Waals surface area contributed by atoms with E-state index in [4.69, 9.17) is 19.2 Å². The summed E-state index contributed by atoms with van der Waals surface area (Å²) < 4.78 is 16.2. The van der Waals surface area contributed by atoms with E-state index in [1.54, 1.807) is 14.2 Å². The molecule has 1 heterocycles. The van der Waals surface area contributed by atoms with Gasteiger partial charge in [-0.1, -0.05) is 13.8 Å². The van der Waals surface area contributed by atoms with Crippen molar-refractivity contribution >= 4 is 11.6 Å². The molecule has 0 aromatic heterocycles. The largest absolute Gasteiger partial charge is 0.493 e. The highest BCUT2D eigenvalue weighted by Crippen LogP contribution is 2.29. The van der Waals surface area contributed by atoms with Crippen LogP contribution >= 0.6 is 0 Å². The first-order chi connectivity index (χ1) is 13.6. The zero-order valence-electron chi connectivity index (χ0n) is 18.0. The number of guanidine groups is 1. The van der Waals surface area contributed by atoms with Crippen molar-refractivity contribution in [2.45, 2.75) is 33.2 Å². The standard InChI is InChI=1S/C21H36N4O3/c1-6-22-21(24-17-7-8-19(26-4)20(14-17)27-5)23-15-18(13-16(2)3)25-9-11-28-12-10-25/h7-8,14,16,18H,6,9-13,15H2,1-5H3,(H2,22,23,24). The van der Waals surface area contributed by atoms with Gasteiger partial charge in [0.25, 0.3) is 0 Å². The molecule has 158 valence electrons. The van der Waals surface area contributed by atoms with Gasteiger partial charge in [-0.3, -0.25) is 9.89 Å². The maximum absolute atomic E-state index is 5.51. The van der Waals surface area contributed by atoms with E-state index in [1.807, 2.05) is 18.2 Å². The van der Waals surface area contributed by atoms with Crippen LogP contribution in [0.2, 0.25) is 0 Å². The first-order valence-electron chi connectivity index (χ1n) is 10.2. The number of benzene rings is 1. The predicted molar refractivity (Wildman–Crippen MR) is 115 cm³/mol. The Kier molecular flexibility index (Phi) is 9.37. The summed E-state index contributed by atoms with van der Waals surface area (Å²) in [4.78, 5) is 7.38. The number of nitrogens with one attached hydrogen (secondary N) is 2. The van der Waals surface area contributed by atoms with Crippen LogP contribution in [0.5, 0.6) is 11.5 Å². The van der Waals surface area contributed by atoms with E-state index in [0.717, 1.165) is 57.5 Å². The lowest BCUT2D eigenvalue weighted by molar-refractivity contribution is 0.0143. The van der Waals surface area contributed by atoms with Gasteiger partial charge in [0.05, 0.1) is 34.0 Å². The molecule has 28 heavy (non-hydrogen) atoms. The molecule has 1 aromatic carbocycles. The molecule has 0 saturated carbocycles. The highest BCUT2D eigenvalue weighted by atomic mass is 16.5. The van der Waals surface area contributed by atoms with E-state index in [0.29, 0.717) is 23.5 Å². The minimum Gasteiger partial charge on any atom is -0.493 e. The molecule has 7 heteroatoms. The Bertz CT molecular complexity index is 616. The molecule has 0 radical (unpaired) electrons. The highest BCUT2D eigenvalue weighted by molar-refractivity contribution is 5.93. The van der Waals surface area contributed by atoms with Crippen LogP contribution in [0.3, 0.4) is 0 Å². The second kappa shape index (κ2) is 11.8. The first kappa shape index (κ1) is 22.3. The van der Waals surface area contributed by atoms with Gasteiger partial charge >= 0.3 is 0 Å². The lowest BCUT2D eigenvalue weighted by atomic mass is 10.0. The number of ether oxygens (including phenoxy) is 3. The molecular weight excluding hydrogens is 356 g/mol. The fraction of sp³-hybridized carbons (Fsp3) is 0.667. The van der Waals surface area contributed by atoms with E-state index < -0.39 is 0 Å². The third-order valence-electron chi connectivity index (χ3n) is 4.76. The molecule has 7 nitrogen and oxygen atoms in total. The van der Waals surface area contributed by atoms with Crippen molar-refractivity contribution in [1.29, 1.82) is 0 Å². The van der Waals surface area contributed by atoms with E-state index >= 15 is 0 Å². The lowest BCUT2D eigenvalue weighted by Crippen LogP contribution is -2.46. The Morgan fingerprint density at radius 1 is 1.18 bits per heavy atom. The average molecular weight is 393 g/mol.